The quantitative estimate of drug-likeness (QED) is 0.725. The molecule has 1 aromatic heterocycles. The highest BCUT2D eigenvalue weighted by Gasteiger charge is 2.07. The standard InChI is InChI=1S/C18H14BrNO3/c1-23-17-9-12(19)8-11(18(17)22)6-7-13-10-16(21)14-4-2-3-5-15(14)20-13/h2-10,22H,1H3,(H,20,21)/b7-6+. The summed E-state index contributed by atoms with van der Waals surface area (Å²) < 4.78 is 5.91. The Morgan fingerprint density at radius 3 is 2.74 bits per heavy atom. The van der Waals surface area contributed by atoms with Crippen LogP contribution in [0.15, 0.2) is 51.7 Å². The summed E-state index contributed by atoms with van der Waals surface area (Å²) in [5.74, 6) is 0.432. The maximum absolute atomic E-state index is 12.1. The molecule has 0 atom stereocenters. The van der Waals surface area contributed by atoms with Crippen molar-refractivity contribution in [2.45, 2.75) is 0 Å². The highest BCUT2D eigenvalue weighted by atomic mass is 79.9. The van der Waals surface area contributed by atoms with E-state index in [0.29, 0.717) is 22.4 Å². The van der Waals surface area contributed by atoms with E-state index in [4.69, 9.17) is 4.74 Å². The van der Waals surface area contributed by atoms with Crippen LogP contribution in [0.3, 0.4) is 0 Å². The number of halogens is 1. The van der Waals surface area contributed by atoms with Gasteiger partial charge in [-0.2, -0.15) is 0 Å². The van der Waals surface area contributed by atoms with Gasteiger partial charge in [0.2, 0.25) is 0 Å². The van der Waals surface area contributed by atoms with Gasteiger partial charge in [0.05, 0.1) is 7.11 Å². The van der Waals surface area contributed by atoms with Gasteiger partial charge in [-0.1, -0.05) is 28.1 Å². The molecule has 0 aliphatic rings. The minimum atomic E-state index is -0.0463. The van der Waals surface area contributed by atoms with Crippen LogP contribution in [0.1, 0.15) is 11.3 Å². The van der Waals surface area contributed by atoms with Crippen molar-refractivity contribution in [3.8, 4) is 11.5 Å². The summed E-state index contributed by atoms with van der Waals surface area (Å²) in [6.45, 7) is 0. The van der Waals surface area contributed by atoms with Crippen LogP contribution >= 0.6 is 15.9 Å². The number of phenolic OH excluding ortho intramolecular Hbond substituents is 1. The van der Waals surface area contributed by atoms with Crippen molar-refractivity contribution in [2.24, 2.45) is 0 Å². The predicted molar refractivity (Wildman–Crippen MR) is 95.9 cm³/mol. The lowest BCUT2D eigenvalue weighted by atomic mass is 10.1. The maximum atomic E-state index is 12.1. The molecule has 116 valence electrons. The summed E-state index contributed by atoms with van der Waals surface area (Å²) >= 11 is 3.38. The van der Waals surface area contributed by atoms with Crippen LogP contribution < -0.4 is 10.2 Å². The Morgan fingerprint density at radius 2 is 1.96 bits per heavy atom. The molecular weight excluding hydrogens is 358 g/mol. The molecule has 0 bridgehead atoms. The fourth-order valence-corrected chi connectivity index (χ4v) is 2.82. The molecule has 3 rings (SSSR count). The van der Waals surface area contributed by atoms with Crippen LogP contribution in [0.2, 0.25) is 0 Å². The number of ether oxygens (including phenoxy) is 1. The van der Waals surface area contributed by atoms with Crippen LogP contribution in [0, 0.1) is 0 Å². The fraction of sp³-hybridized carbons (Fsp3) is 0.0556. The maximum Gasteiger partial charge on any atom is 0.189 e. The molecule has 0 fully saturated rings. The molecule has 0 amide bonds. The van der Waals surface area contributed by atoms with Gasteiger partial charge in [-0.3, -0.25) is 4.79 Å². The SMILES string of the molecule is COc1cc(Br)cc(/C=C/c2cc(=O)c3ccccc3[nH]2)c1O. The lowest BCUT2D eigenvalue weighted by Crippen LogP contribution is -2.02. The monoisotopic (exact) mass is 371 g/mol. The van der Waals surface area contributed by atoms with Crippen molar-refractivity contribution in [3.63, 3.8) is 0 Å². The molecule has 0 radical (unpaired) electrons. The topological polar surface area (TPSA) is 62.3 Å². The van der Waals surface area contributed by atoms with Crippen LogP contribution in [0.25, 0.3) is 23.1 Å². The zero-order chi connectivity index (χ0) is 16.4. The highest BCUT2D eigenvalue weighted by molar-refractivity contribution is 9.10. The van der Waals surface area contributed by atoms with Gasteiger partial charge in [-0.15, -0.1) is 0 Å². The number of aromatic nitrogens is 1. The Bertz CT molecular complexity index is 960. The fourth-order valence-electron chi connectivity index (χ4n) is 2.36. The van der Waals surface area contributed by atoms with Crippen molar-refractivity contribution in [1.82, 2.24) is 4.98 Å². The molecule has 0 saturated heterocycles. The zero-order valence-electron chi connectivity index (χ0n) is 12.3. The molecule has 5 heteroatoms. The lowest BCUT2D eigenvalue weighted by molar-refractivity contribution is 0.372. The number of benzene rings is 2. The molecule has 4 nitrogen and oxygen atoms in total. The first kappa shape index (κ1) is 15.4. The zero-order valence-corrected chi connectivity index (χ0v) is 13.9. The minimum Gasteiger partial charge on any atom is -0.504 e. The molecule has 2 aromatic carbocycles. The number of aromatic amines is 1. The number of para-hydroxylation sites is 1. The normalized spacial score (nSPS) is 11.2. The number of nitrogens with one attached hydrogen (secondary N) is 1. The molecule has 1 heterocycles. The van der Waals surface area contributed by atoms with E-state index in [1.54, 1.807) is 30.4 Å². The van der Waals surface area contributed by atoms with Gasteiger partial charge < -0.3 is 14.8 Å². The first-order chi connectivity index (χ1) is 11.1. The summed E-state index contributed by atoms with van der Waals surface area (Å²) in [6, 6.07) is 12.3. The summed E-state index contributed by atoms with van der Waals surface area (Å²) in [4.78, 5) is 15.3. The first-order valence-electron chi connectivity index (χ1n) is 6.95. The molecule has 0 aliphatic heterocycles. The van der Waals surface area contributed by atoms with Crippen molar-refractivity contribution in [1.29, 1.82) is 0 Å². The number of hydrogen-bond acceptors (Lipinski definition) is 3. The first-order valence-corrected chi connectivity index (χ1v) is 7.74. The largest absolute Gasteiger partial charge is 0.504 e. The van der Waals surface area contributed by atoms with Crippen LogP contribution in [-0.2, 0) is 0 Å². The van der Waals surface area contributed by atoms with Gasteiger partial charge in [-0.05, 0) is 36.4 Å². The third-order valence-corrected chi connectivity index (χ3v) is 3.95. The van der Waals surface area contributed by atoms with E-state index < -0.39 is 0 Å². The third kappa shape index (κ3) is 3.14. The van der Waals surface area contributed by atoms with Gasteiger partial charge in [0.1, 0.15) is 0 Å². The number of H-pyrrole nitrogens is 1. The van der Waals surface area contributed by atoms with Gasteiger partial charge >= 0.3 is 0 Å². The van der Waals surface area contributed by atoms with Crippen molar-refractivity contribution < 1.29 is 9.84 Å². The van der Waals surface area contributed by atoms with Crippen LogP contribution in [-0.4, -0.2) is 17.2 Å². The van der Waals surface area contributed by atoms with Crippen molar-refractivity contribution >= 4 is 39.0 Å². The minimum absolute atomic E-state index is 0.0463. The molecule has 0 unspecified atom stereocenters. The molecule has 2 N–H and O–H groups in total. The Balaban J connectivity index is 2.04. The Hall–Kier alpha value is -2.53. The smallest absolute Gasteiger partial charge is 0.189 e. The van der Waals surface area contributed by atoms with E-state index in [0.717, 1.165) is 9.99 Å². The molecule has 23 heavy (non-hydrogen) atoms. The molecule has 0 aliphatic carbocycles. The summed E-state index contributed by atoms with van der Waals surface area (Å²) in [5.41, 5.74) is 1.98. The van der Waals surface area contributed by atoms with Crippen molar-refractivity contribution in [3.05, 3.63) is 68.4 Å². The number of fused-ring (bicyclic) bond motifs is 1. The lowest BCUT2D eigenvalue weighted by Gasteiger charge is -2.07. The number of aromatic hydroxyl groups is 1. The second-order valence-corrected chi connectivity index (χ2v) is 5.93. The van der Waals surface area contributed by atoms with Crippen LogP contribution in [0.4, 0.5) is 0 Å². The van der Waals surface area contributed by atoms with E-state index >= 15 is 0 Å². The molecule has 3 aromatic rings. The third-order valence-electron chi connectivity index (χ3n) is 3.49. The average Bonchev–Trinajstić information content (AvgIpc) is 2.55. The second-order valence-electron chi connectivity index (χ2n) is 5.01. The van der Waals surface area contributed by atoms with Gasteiger partial charge in [0.25, 0.3) is 0 Å². The van der Waals surface area contributed by atoms with E-state index in [-0.39, 0.29) is 11.2 Å². The number of pyridine rings is 1. The summed E-state index contributed by atoms with van der Waals surface area (Å²) in [7, 11) is 1.50. The Kier molecular flexibility index (Phi) is 4.21. The average molecular weight is 372 g/mol. The number of methoxy groups -OCH3 is 1. The summed E-state index contributed by atoms with van der Waals surface area (Å²) in [6.07, 6.45) is 3.47. The Labute approximate surface area is 141 Å². The molecular formula is C18H14BrNO3. The van der Waals surface area contributed by atoms with E-state index in [2.05, 4.69) is 20.9 Å². The van der Waals surface area contributed by atoms with E-state index in [9.17, 15) is 9.90 Å². The molecule has 0 saturated carbocycles. The second kappa shape index (κ2) is 6.30. The van der Waals surface area contributed by atoms with Gasteiger partial charge in [0.15, 0.2) is 16.9 Å². The predicted octanol–water partition coefficient (Wildman–Crippen LogP) is 4.18. The van der Waals surface area contributed by atoms with Gasteiger partial charge in [-0.25, -0.2) is 0 Å². The molecule has 0 spiro atoms. The number of phenols is 1. The van der Waals surface area contributed by atoms with E-state index in [1.807, 2.05) is 18.2 Å². The number of rotatable bonds is 3. The summed E-state index contributed by atoms with van der Waals surface area (Å²) in [5, 5.41) is 10.8. The van der Waals surface area contributed by atoms with Crippen LogP contribution in [0.5, 0.6) is 11.5 Å². The number of hydrogen-bond donors (Lipinski definition) is 2. The van der Waals surface area contributed by atoms with E-state index in [1.165, 1.54) is 13.2 Å². The van der Waals surface area contributed by atoms with Crippen molar-refractivity contribution in [2.75, 3.05) is 7.11 Å². The Morgan fingerprint density at radius 1 is 1.17 bits per heavy atom. The van der Waals surface area contributed by atoms with Gasteiger partial charge in [0, 0.05) is 32.7 Å². The highest BCUT2D eigenvalue weighted by Crippen LogP contribution is 2.34.